The molecule has 2 heterocycles. The maximum absolute atomic E-state index is 15.1. The molecule has 0 unspecified atom stereocenters. The van der Waals surface area contributed by atoms with E-state index in [9.17, 15) is 13.6 Å². The topological polar surface area (TPSA) is 128 Å². The zero-order valence-corrected chi connectivity index (χ0v) is 30.1. The molecule has 2 atom stereocenters. The van der Waals surface area contributed by atoms with Gasteiger partial charge >= 0.3 is 6.09 Å². The third-order valence-electron chi connectivity index (χ3n) is 9.04. The van der Waals surface area contributed by atoms with E-state index in [4.69, 9.17) is 23.7 Å². The molecule has 0 bridgehead atoms. The average molecular weight is 714 g/mol. The fourth-order valence-corrected chi connectivity index (χ4v) is 6.44. The summed E-state index contributed by atoms with van der Waals surface area (Å²) in [5.74, 6) is -2.71. The summed E-state index contributed by atoms with van der Waals surface area (Å²) in [6.07, 6.45) is 4.20. The van der Waals surface area contributed by atoms with Crippen molar-refractivity contribution < 1.29 is 42.1 Å². The first kappa shape index (κ1) is 38.1. The fourth-order valence-electron chi connectivity index (χ4n) is 6.44. The van der Waals surface area contributed by atoms with Crippen LogP contribution in [0.5, 0.6) is 5.75 Å². The van der Waals surface area contributed by atoms with Crippen molar-refractivity contribution >= 4 is 12.0 Å². The number of hydrogen-bond acceptors (Lipinski definition) is 9. The molecule has 1 saturated carbocycles. The van der Waals surface area contributed by atoms with Crippen LogP contribution in [0.2, 0.25) is 0 Å². The first-order valence-electron chi connectivity index (χ1n) is 17.4. The van der Waals surface area contributed by atoms with Crippen LogP contribution in [0.1, 0.15) is 68.8 Å². The van der Waals surface area contributed by atoms with Gasteiger partial charge < -0.3 is 33.5 Å². The van der Waals surface area contributed by atoms with Crippen molar-refractivity contribution in [2.45, 2.75) is 83.3 Å². The second kappa shape index (κ2) is 16.9. The van der Waals surface area contributed by atoms with Crippen LogP contribution in [0.3, 0.4) is 0 Å². The molecule has 51 heavy (non-hydrogen) atoms. The normalized spacial score (nSPS) is 19.2. The lowest BCUT2D eigenvalue weighted by Gasteiger charge is -2.48. The summed E-state index contributed by atoms with van der Waals surface area (Å²) in [5.41, 5.74) is 0.443. The number of aromatic nitrogens is 3. The smallest absolute Gasteiger partial charge is 0.410 e. The third-order valence-corrected chi connectivity index (χ3v) is 9.04. The van der Waals surface area contributed by atoms with Gasteiger partial charge in [0.15, 0.2) is 11.6 Å². The lowest BCUT2D eigenvalue weighted by atomic mass is 9.74. The van der Waals surface area contributed by atoms with E-state index in [1.54, 1.807) is 35.0 Å². The molecule has 2 aromatic carbocycles. The minimum atomic E-state index is -1.45. The number of benzene rings is 2. The van der Waals surface area contributed by atoms with Gasteiger partial charge in [0.05, 0.1) is 25.3 Å². The summed E-state index contributed by atoms with van der Waals surface area (Å²) in [7, 11) is 3.28. The largest absolute Gasteiger partial charge is 0.491 e. The Bertz CT molecular complexity index is 1590. The van der Waals surface area contributed by atoms with Crippen molar-refractivity contribution in [1.82, 2.24) is 25.2 Å². The van der Waals surface area contributed by atoms with Crippen LogP contribution in [0.25, 0.3) is 0 Å². The van der Waals surface area contributed by atoms with Crippen LogP contribution in [-0.4, -0.2) is 96.0 Å². The first-order chi connectivity index (χ1) is 24.4. The van der Waals surface area contributed by atoms with E-state index >= 15 is 4.79 Å². The number of carbonyl (C=O) groups excluding carboxylic acids is 2. The van der Waals surface area contributed by atoms with Crippen molar-refractivity contribution in [3.8, 4) is 5.75 Å². The molecule has 2 amide bonds. The maximum Gasteiger partial charge on any atom is 0.410 e. The van der Waals surface area contributed by atoms with Crippen LogP contribution in [0.4, 0.5) is 13.6 Å². The number of likely N-dealkylation sites (tertiary alicyclic amines) is 1. The molecule has 2 fully saturated rings. The standard InChI is InChI=1S/C37H49F2N5O7/c1-36(2,3)51-35(46)43-13-12-37(50-24-28-21-40-42-41-28,27-8-11-32(38)33(39)20-27)31(23-43)34(45)44(29-9-10-29)22-26-17-25(7-6-14-47-4)18-30(19-26)49-16-15-48-5/h8,11,17-21,29,31H,6-7,9-10,12-16,22-24H2,1-5H3,(H,40,41,42)/t31-,37+/m1/s1. The summed E-state index contributed by atoms with van der Waals surface area (Å²) < 4.78 is 58.1. The van der Waals surface area contributed by atoms with Gasteiger partial charge in [-0.15, -0.1) is 0 Å². The lowest BCUT2D eigenvalue weighted by molar-refractivity contribution is -0.170. The van der Waals surface area contributed by atoms with E-state index in [2.05, 4.69) is 21.5 Å². The van der Waals surface area contributed by atoms with Gasteiger partial charge in [-0.2, -0.15) is 15.4 Å². The Morgan fingerprint density at radius 3 is 2.45 bits per heavy atom. The number of amides is 2. The van der Waals surface area contributed by atoms with Crippen molar-refractivity contribution in [1.29, 1.82) is 0 Å². The third kappa shape index (κ3) is 10.0. The Labute approximate surface area is 297 Å². The Balaban J connectivity index is 1.54. The molecule has 3 aromatic rings. The number of rotatable bonds is 16. The van der Waals surface area contributed by atoms with Crippen molar-refractivity contribution in [3.05, 3.63) is 76.6 Å². The molecule has 12 nitrogen and oxygen atoms in total. The van der Waals surface area contributed by atoms with Crippen LogP contribution in [0, 0.1) is 17.6 Å². The van der Waals surface area contributed by atoms with E-state index in [1.807, 2.05) is 17.0 Å². The zero-order chi connectivity index (χ0) is 36.6. The molecule has 0 spiro atoms. The molecule has 1 aliphatic carbocycles. The van der Waals surface area contributed by atoms with Gasteiger partial charge in [-0.3, -0.25) is 4.79 Å². The Hall–Kier alpha value is -4.14. The SMILES string of the molecule is COCCCc1cc(CN(C(=O)[C@H]2CN(C(=O)OC(C)(C)C)CC[C@]2(OCc2cn[nH]n2)c2ccc(F)c(F)c2)C2CC2)cc(OCCOC)c1. The molecular weight excluding hydrogens is 664 g/mol. The number of nitrogens with zero attached hydrogens (tertiary/aromatic N) is 4. The summed E-state index contributed by atoms with van der Waals surface area (Å²) in [4.78, 5) is 31.9. The summed E-state index contributed by atoms with van der Waals surface area (Å²) in [6, 6.07) is 9.49. The lowest BCUT2D eigenvalue weighted by Crippen LogP contribution is -2.59. The van der Waals surface area contributed by atoms with Gasteiger partial charge in [0.25, 0.3) is 0 Å². The van der Waals surface area contributed by atoms with Gasteiger partial charge in [-0.05, 0) is 93.8 Å². The Morgan fingerprint density at radius 2 is 1.78 bits per heavy atom. The number of piperidine rings is 1. The summed E-state index contributed by atoms with van der Waals surface area (Å²) in [5, 5.41) is 10.5. The minimum Gasteiger partial charge on any atom is -0.491 e. The summed E-state index contributed by atoms with van der Waals surface area (Å²) in [6.45, 7) is 6.98. The highest BCUT2D eigenvalue weighted by molar-refractivity contribution is 5.82. The fraction of sp³-hybridized carbons (Fsp3) is 0.568. The number of H-pyrrole nitrogens is 1. The number of aryl methyl sites for hydroxylation is 1. The van der Waals surface area contributed by atoms with Crippen molar-refractivity contribution in [2.24, 2.45) is 5.92 Å². The quantitative estimate of drug-likeness (QED) is 0.190. The molecule has 14 heteroatoms. The van der Waals surface area contributed by atoms with Crippen LogP contribution in [0.15, 0.2) is 42.6 Å². The molecule has 1 aromatic heterocycles. The number of ether oxygens (including phenoxy) is 5. The molecule has 0 radical (unpaired) electrons. The molecule has 1 saturated heterocycles. The predicted molar refractivity (Wildman–Crippen MR) is 183 cm³/mol. The number of nitrogens with one attached hydrogen (secondary N) is 1. The highest BCUT2D eigenvalue weighted by atomic mass is 19.2. The highest BCUT2D eigenvalue weighted by Gasteiger charge is 2.53. The van der Waals surface area contributed by atoms with E-state index in [0.717, 1.165) is 48.9 Å². The highest BCUT2D eigenvalue weighted by Crippen LogP contribution is 2.45. The van der Waals surface area contributed by atoms with Gasteiger partial charge in [0.2, 0.25) is 5.91 Å². The van der Waals surface area contributed by atoms with Gasteiger partial charge in [-0.25, -0.2) is 13.6 Å². The minimum absolute atomic E-state index is 0.0531. The molecule has 1 aliphatic heterocycles. The molecule has 2 aliphatic rings. The maximum atomic E-state index is 15.1. The second-order valence-corrected chi connectivity index (χ2v) is 14.1. The second-order valence-electron chi connectivity index (χ2n) is 14.1. The van der Waals surface area contributed by atoms with Crippen LogP contribution >= 0.6 is 0 Å². The van der Waals surface area contributed by atoms with Gasteiger partial charge in [-0.1, -0.05) is 12.1 Å². The molecule has 1 N–H and O–H groups in total. The molecular formula is C37H49F2N5O7. The number of aromatic amines is 1. The zero-order valence-electron chi connectivity index (χ0n) is 30.1. The first-order valence-corrected chi connectivity index (χ1v) is 17.4. The monoisotopic (exact) mass is 713 g/mol. The van der Waals surface area contributed by atoms with Gasteiger partial charge in [0, 0.05) is 46.5 Å². The molecule has 5 rings (SSSR count). The van der Waals surface area contributed by atoms with Crippen LogP contribution in [-0.2, 0) is 48.9 Å². The number of hydrogen-bond donors (Lipinski definition) is 1. The van der Waals surface area contributed by atoms with E-state index in [0.29, 0.717) is 31.3 Å². The Morgan fingerprint density at radius 1 is 1.02 bits per heavy atom. The van der Waals surface area contributed by atoms with E-state index < -0.39 is 34.8 Å². The number of methoxy groups -OCH3 is 2. The number of halogens is 2. The van der Waals surface area contributed by atoms with E-state index in [1.165, 1.54) is 17.2 Å². The Kier molecular flexibility index (Phi) is 12.6. The van der Waals surface area contributed by atoms with Crippen LogP contribution < -0.4 is 4.74 Å². The van der Waals surface area contributed by atoms with E-state index in [-0.39, 0.29) is 50.2 Å². The molecule has 278 valence electrons. The predicted octanol–water partition coefficient (Wildman–Crippen LogP) is 5.55. The summed E-state index contributed by atoms with van der Waals surface area (Å²) >= 11 is 0. The van der Waals surface area contributed by atoms with Crippen molar-refractivity contribution in [3.63, 3.8) is 0 Å². The average Bonchev–Trinajstić information content (AvgIpc) is 3.80. The van der Waals surface area contributed by atoms with Crippen molar-refractivity contribution in [2.75, 3.05) is 47.1 Å². The van der Waals surface area contributed by atoms with Gasteiger partial charge in [0.1, 0.15) is 29.3 Å². The number of carbonyl (C=O) groups is 2.